The van der Waals surface area contributed by atoms with Crippen LogP contribution in [0, 0.1) is 5.92 Å². The van der Waals surface area contributed by atoms with E-state index in [1.807, 2.05) is 0 Å². The largest absolute Gasteiger partial charge is 0.462 e. The minimum absolute atomic E-state index is 0.0637. The van der Waals surface area contributed by atoms with Crippen molar-refractivity contribution in [2.75, 3.05) is 13.2 Å². The molecule has 0 fully saturated rings. The summed E-state index contributed by atoms with van der Waals surface area (Å²) in [5.41, 5.74) is 0. The van der Waals surface area contributed by atoms with Gasteiger partial charge >= 0.3 is 17.9 Å². The highest BCUT2D eigenvalue weighted by Gasteiger charge is 2.19. The number of hydrogen-bond acceptors (Lipinski definition) is 6. The second-order valence-electron chi connectivity index (χ2n) is 17.9. The van der Waals surface area contributed by atoms with E-state index in [0.29, 0.717) is 19.3 Å². The van der Waals surface area contributed by atoms with E-state index in [0.717, 1.165) is 63.7 Å². The monoisotopic (exact) mass is 807 g/mol. The highest BCUT2D eigenvalue weighted by atomic mass is 16.6. The lowest BCUT2D eigenvalue weighted by Gasteiger charge is -2.18. The number of carbonyl (C=O) groups is 3. The SMILES string of the molecule is CCCCCCCCCCCCCCCCCCCC(=O)OC[C@@H](COC(=O)CCCCCCCCC(C)C)OC(=O)CCCCCCCCCCCCCCC. The summed E-state index contributed by atoms with van der Waals surface area (Å²) in [6.07, 6.45) is 46.7. The summed E-state index contributed by atoms with van der Waals surface area (Å²) in [6, 6.07) is 0. The molecule has 338 valence electrons. The molecule has 0 bridgehead atoms. The van der Waals surface area contributed by atoms with Crippen LogP contribution in [0.1, 0.15) is 285 Å². The Morgan fingerprint density at radius 2 is 0.579 bits per heavy atom. The first-order chi connectivity index (χ1) is 27.9. The van der Waals surface area contributed by atoms with Crippen molar-refractivity contribution in [3.05, 3.63) is 0 Å². The van der Waals surface area contributed by atoms with E-state index in [-0.39, 0.29) is 31.1 Å². The molecule has 0 amide bonds. The molecule has 6 nitrogen and oxygen atoms in total. The Hall–Kier alpha value is -1.59. The minimum Gasteiger partial charge on any atom is -0.462 e. The molecule has 0 saturated heterocycles. The summed E-state index contributed by atoms with van der Waals surface area (Å²) in [5.74, 6) is -0.0876. The normalized spacial score (nSPS) is 11.9. The van der Waals surface area contributed by atoms with Crippen LogP contribution in [-0.2, 0) is 28.6 Å². The fraction of sp³-hybridized carbons (Fsp3) is 0.941. The molecule has 0 radical (unpaired) electrons. The van der Waals surface area contributed by atoms with Gasteiger partial charge in [-0.05, 0) is 25.2 Å². The highest BCUT2D eigenvalue weighted by Crippen LogP contribution is 2.17. The van der Waals surface area contributed by atoms with Gasteiger partial charge in [0.05, 0.1) is 0 Å². The summed E-state index contributed by atoms with van der Waals surface area (Å²) in [5, 5.41) is 0. The molecule has 0 aromatic heterocycles. The maximum Gasteiger partial charge on any atom is 0.306 e. The zero-order valence-electron chi connectivity index (χ0n) is 38.8. The predicted molar refractivity (Wildman–Crippen MR) is 243 cm³/mol. The molecule has 0 N–H and O–H groups in total. The number of unbranched alkanes of at least 4 members (excludes halogenated alkanes) is 33. The summed E-state index contributed by atoms with van der Waals surface area (Å²) < 4.78 is 16.8. The Kier molecular flexibility index (Phi) is 44.2. The fourth-order valence-corrected chi connectivity index (χ4v) is 7.69. The van der Waals surface area contributed by atoms with Crippen LogP contribution >= 0.6 is 0 Å². The molecule has 0 heterocycles. The molecular formula is C51H98O6. The van der Waals surface area contributed by atoms with Crippen molar-refractivity contribution in [2.24, 2.45) is 5.92 Å². The molecule has 0 aliphatic heterocycles. The zero-order valence-corrected chi connectivity index (χ0v) is 38.8. The summed E-state index contributed by atoms with van der Waals surface area (Å²) in [6.45, 7) is 8.95. The van der Waals surface area contributed by atoms with Crippen LogP contribution in [0.2, 0.25) is 0 Å². The molecule has 0 spiro atoms. The van der Waals surface area contributed by atoms with Crippen molar-refractivity contribution < 1.29 is 28.6 Å². The van der Waals surface area contributed by atoms with E-state index in [4.69, 9.17) is 14.2 Å². The minimum atomic E-state index is -0.760. The van der Waals surface area contributed by atoms with E-state index in [1.165, 1.54) is 180 Å². The average molecular weight is 807 g/mol. The second kappa shape index (κ2) is 45.5. The smallest absolute Gasteiger partial charge is 0.306 e. The van der Waals surface area contributed by atoms with Crippen LogP contribution in [-0.4, -0.2) is 37.2 Å². The van der Waals surface area contributed by atoms with Gasteiger partial charge in [-0.15, -0.1) is 0 Å². The standard InChI is InChI=1S/C51H98O6/c1-5-7-9-11-13-15-17-19-20-21-22-24-25-27-29-34-38-42-49(52)55-45-48(46-56-50(53)43-39-35-32-31-33-37-41-47(3)4)57-51(54)44-40-36-30-28-26-23-18-16-14-12-10-8-6-2/h47-48H,5-46H2,1-4H3/t48-/m0/s1. The molecule has 6 heteroatoms. The third-order valence-electron chi connectivity index (χ3n) is 11.5. The maximum absolute atomic E-state index is 12.7. The van der Waals surface area contributed by atoms with E-state index in [1.54, 1.807) is 0 Å². The van der Waals surface area contributed by atoms with Gasteiger partial charge in [-0.1, -0.05) is 246 Å². The average Bonchev–Trinajstić information content (AvgIpc) is 3.19. The lowest BCUT2D eigenvalue weighted by atomic mass is 10.0. The number of carbonyl (C=O) groups excluding carboxylic acids is 3. The molecule has 0 rings (SSSR count). The Bertz CT molecular complexity index is 857. The van der Waals surface area contributed by atoms with E-state index in [9.17, 15) is 14.4 Å². The Morgan fingerprint density at radius 1 is 0.333 bits per heavy atom. The van der Waals surface area contributed by atoms with E-state index >= 15 is 0 Å². The summed E-state index contributed by atoms with van der Waals surface area (Å²) >= 11 is 0. The van der Waals surface area contributed by atoms with Crippen LogP contribution in [0.3, 0.4) is 0 Å². The van der Waals surface area contributed by atoms with Crippen LogP contribution in [0.25, 0.3) is 0 Å². The molecule has 0 aliphatic carbocycles. The third kappa shape index (κ3) is 45.3. The van der Waals surface area contributed by atoms with Crippen molar-refractivity contribution in [1.29, 1.82) is 0 Å². The van der Waals surface area contributed by atoms with Gasteiger partial charge in [0.15, 0.2) is 6.10 Å². The van der Waals surface area contributed by atoms with Crippen LogP contribution < -0.4 is 0 Å². The lowest BCUT2D eigenvalue weighted by Crippen LogP contribution is -2.30. The summed E-state index contributed by atoms with van der Waals surface area (Å²) in [4.78, 5) is 37.8. The maximum atomic E-state index is 12.7. The van der Waals surface area contributed by atoms with Gasteiger partial charge < -0.3 is 14.2 Å². The second-order valence-corrected chi connectivity index (χ2v) is 17.9. The lowest BCUT2D eigenvalue weighted by molar-refractivity contribution is -0.167. The van der Waals surface area contributed by atoms with Crippen molar-refractivity contribution >= 4 is 17.9 Å². The van der Waals surface area contributed by atoms with Crippen molar-refractivity contribution in [3.63, 3.8) is 0 Å². The Labute approximate surface area is 355 Å². The van der Waals surface area contributed by atoms with Crippen molar-refractivity contribution in [2.45, 2.75) is 291 Å². The van der Waals surface area contributed by atoms with Crippen LogP contribution in [0.4, 0.5) is 0 Å². The first-order valence-corrected chi connectivity index (χ1v) is 25.4. The van der Waals surface area contributed by atoms with Crippen LogP contribution in [0.15, 0.2) is 0 Å². The number of hydrogen-bond donors (Lipinski definition) is 0. The Morgan fingerprint density at radius 3 is 0.860 bits per heavy atom. The molecule has 0 aliphatic rings. The van der Waals surface area contributed by atoms with Crippen molar-refractivity contribution in [1.82, 2.24) is 0 Å². The summed E-state index contributed by atoms with van der Waals surface area (Å²) in [7, 11) is 0. The topological polar surface area (TPSA) is 78.9 Å². The van der Waals surface area contributed by atoms with Gasteiger partial charge in [0, 0.05) is 19.3 Å². The quantitative estimate of drug-likeness (QED) is 0.0346. The van der Waals surface area contributed by atoms with Gasteiger partial charge in [-0.3, -0.25) is 14.4 Å². The predicted octanol–water partition coefficient (Wildman–Crippen LogP) is 16.3. The molecule has 0 aromatic rings. The van der Waals surface area contributed by atoms with E-state index < -0.39 is 6.10 Å². The first kappa shape index (κ1) is 55.4. The van der Waals surface area contributed by atoms with Gasteiger partial charge in [0.25, 0.3) is 0 Å². The van der Waals surface area contributed by atoms with Gasteiger partial charge in [-0.25, -0.2) is 0 Å². The van der Waals surface area contributed by atoms with Gasteiger partial charge in [-0.2, -0.15) is 0 Å². The first-order valence-electron chi connectivity index (χ1n) is 25.4. The van der Waals surface area contributed by atoms with Crippen LogP contribution in [0.5, 0.6) is 0 Å². The molecule has 57 heavy (non-hydrogen) atoms. The highest BCUT2D eigenvalue weighted by molar-refractivity contribution is 5.71. The number of ether oxygens (including phenoxy) is 3. The molecule has 0 aromatic carbocycles. The van der Waals surface area contributed by atoms with E-state index in [2.05, 4.69) is 27.7 Å². The fourth-order valence-electron chi connectivity index (χ4n) is 7.69. The molecule has 0 saturated carbocycles. The molecular weight excluding hydrogens is 709 g/mol. The van der Waals surface area contributed by atoms with Gasteiger partial charge in [0.1, 0.15) is 13.2 Å². The number of rotatable bonds is 46. The number of esters is 3. The van der Waals surface area contributed by atoms with Gasteiger partial charge in [0.2, 0.25) is 0 Å². The Balaban J connectivity index is 4.25. The van der Waals surface area contributed by atoms with Crippen molar-refractivity contribution in [3.8, 4) is 0 Å². The molecule has 1 atom stereocenters. The molecule has 0 unspecified atom stereocenters. The zero-order chi connectivity index (χ0) is 41.7. The third-order valence-corrected chi connectivity index (χ3v) is 11.5.